The molecule has 2 aromatic carbocycles. The normalized spacial score (nSPS) is 20.4. The molecule has 5 rings (SSSR count). The Morgan fingerprint density at radius 2 is 1.85 bits per heavy atom. The van der Waals surface area contributed by atoms with Crippen molar-refractivity contribution in [1.82, 2.24) is 9.97 Å². The van der Waals surface area contributed by atoms with E-state index in [4.69, 9.17) is 9.15 Å². The van der Waals surface area contributed by atoms with Crippen molar-refractivity contribution in [1.29, 1.82) is 0 Å². The Morgan fingerprint density at radius 3 is 2.70 bits per heavy atom. The molecule has 2 unspecified atom stereocenters. The summed E-state index contributed by atoms with van der Waals surface area (Å²) in [7, 11) is 0. The zero-order valence-electron chi connectivity index (χ0n) is 14.8. The van der Waals surface area contributed by atoms with E-state index in [1.54, 1.807) is 18.5 Å². The first-order valence-corrected chi connectivity index (χ1v) is 8.97. The van der Waals surface area contributed by atoms with Gasteiger partial charge >= 0.3 is 0 Å². The predicted molar refractivity (Wildman–Crippen MR) is 101 cm³/mol. The van der Waals surface area contributed by atoms with Gasteiger partial charge in [-0.3, -0.25) is 0 Å². The molecule has 2 atom stereocenters. The molecule has 1 aliphatic rings. The van der Waals surface area contributed by atoms with Crippen molar-refractivity contribution in [3.05, 3.63) is 66.2 Å². The predicted octanol–water partition coefficient (Wildman–Crippen LogP) is 4.48. The summed E-state index contributed by atoms with van der Waals surface area (Å²) < 4.78 is 25.4. The summed E-state index contributed by atoms with van der Waals surface area (Å²) >= 11 is 0. The number of benzene rings is 2. The Kier molecular flexibility index (Phi) is 3.79. The first-order chi connectivity index (χ1) is 13.2. The van der Waals surface area contributed by atoms with Crippen LogP contribution >= 0.6 is 0 Å². The van der Waals surface area contributed by atoms with Crippen molar-refractivity contribution in [2.24, 2.45) is 0 Å². The lowest BCUT2D eigenvalue weighted by Gasteiger charge is -2.37. The highest BCUT2D eigenvalue weighted by molar-refractivity contribution is 6.05. The van der Waals surface area contributed by atoms with Crippen LogP contribution in [0, 0.1) is 5.82 Å². The van der Waals surface area contributed by atoms with Gasteiger partial charge in [-0.25, -0.2) is 14.4 Å². The minimum absolute atomic E-state index is 0.00296. The largest absolute Gasteiger partial charge is 0.450 e. The Morgan fingerprint density at radius 1 is 1.04 bits per heavy atom. The van der Waals surface area contributed by atoms with Crippen molar-refractivity contribution in [2.45, 2.75) is 19.1 Å². The van der Waals surface area contributed by atoms with Gasteiger partial charge in [0.05, 0.1) is 12.6 Å². The van der Waals surface area contributed by atoms with E-state index in [9.17, 15) is 4.39 Å². The van der Waals surface area contributed by atoms with Crippen LogP contribution in [0.4, 0.5) is 10.2 Å². The molecule has 1 saturated heterocycles. The summed E-state index contributed by atoms with van der Waals surface area (Å²) in [4.78, 5) is 11.1. The maximum atomic E-state index is 13.3. The van der Waals surface area contributed by atoms with Gasteiger partial charge in [-0.1, -0.05) is 24.3 Å². The Balaban J connectivity index is 1.56. The zero-order chi connectivity index (χ0) is 18.4. The van der Waals surface area contributed by atoms with Gasteiger partial charge < -0.3 is 14.1 Å². The fraction of sp³-hybridized carbons (Fsp3) is 0.238. The molecule has 136 valence electrons. The van der Waals surface area contributed by atoms with Crippen LogP contribution in [0.1, 0.15) is 18.6 Å². The van der Waals surface area contributed by atoms with Crippen molar-refractivity contribution >= 4 is 27.9 Å². The molecule has 0 amide bonds. The first-order valence-electron chi connectivity index (χ1n) is 8.97. The second kappa shape index (κ2) is 6.32. The summed E-state index contributed by atoms with van der Waals surface area (Å²) in [6.07, 6.45) is 1.42. The molecule has 0 radical (unpaired) electrons. The molecule has 1 fully saturated rings. The molecule has 5 nitrogen and oxygen atoms in total. The highest BCUT2D eigenvalue weighted by atomic mass is 19.1. The van der Waals surface area contributed by atoms with Crippen molar-refractivity contribution in [3.63, 3.8) is 0 Å². The molecule has 0 bridgehead atoms. The molecule has 2 aromatic heterocycles. The standard InChI is InChI=1S/C21H18FN3O2/c1-13-10-25(11-18(26-13)14-6-8-15(22)9-7-14)21-20-19(23-12-24-21)16-4-2-3-5-17(16)27-20/h2-9,12-13,18H,10-11H2,1H3. The van der Waals surface area contributed by atoms with Gasteiger partial charge in [-0.05, 0) is 36.8 Å². The van der Waals surface area contributed by atoms with E-state index in [2.05, 4.69) is 14.9 Å². The van der Waals surface area contributed by atoms with E-state index in [1.807, 2.05) is 31.2 Å². The lowest BCUT2D eigenvalue weighted by atomic mass is 10.1. The minimum Gasteiger partial charge on any atom is -0.450 e. The number of rotatable bonds is 2. The number of para-hydroxylation sites is 1. The number of hydrogen-bond acceptors (Lipinski definition) is 5. The summed E-state index contributed by atoms with van der Waals surface area (Å²) in [5.74, 6) is 0.512. The smallest absolute Gasteiger partial charge is 0.196 e. The van der Waals surface area contributed by atoms with E-state index in [-0.39, 0.29) is 18.0 Å². The third kappa shape index (κ3) is 2.82. The monoisotopic (exact) mass is 363 g/mol. The van der Waals surface area contributed by atoms with Gasteiger partial charge in [0.25, 0.3) is 0 Å². The van der Waals surface area contributed by atoms with E-state index < -0.39 is 0 Å². The Labute approximate surface area is 155 Å². The van der Waals surface area contributed by atoms with Gasteiger partial charge in [0.2, 0.25) is 0 Å². The number of ether oxygens (including phenoxy) is 1. The van der Waals surface area contributed by atoms with E-state index in [1.165, 1.54) is 12.1 Å². The number of furan rings is 1. The van der Waals surface area contributed by atoms with E-state index in [0.29, 0.717) is 18.7 Å². The fourth-order valence-electron chi connectivity index (χ4n) is 3.72. The van der Waals surface area contributed by atoms with Crippen molar-refractivity contribution in [3.8, 4) is 0 Å². The number of hydrogen-bond donors (Lipinski definition) is 0. The molecule has 0 saturated carbocycles. The highest BCUT2D eigenvalue weighted by Crippen LogP contribution is 2.35. The van der Waals surface area contributed by atoms with Gasteiger partial charge in [0.1, 0.15) is 29.3 Å². The molecule has 3 heterocycles. The quantitative estimate of drug-likeness (QED) is 0.525. The summed E-state index contributed by atoms with van der Waals surface area (Å²) in [6, 6.07) is 14.3. The topological polar surface area (TPSA) is 51.4 Å². The molecule has 1 aliphatic heterocycles. The number of nitrogens with zero attached hydrogens (tertiary/aromatic N) is 3. The molecule has 0 aliphatic carbocycles. The Bertz CT molecular complexity index is 1110. The number of fused-ring (bicyclic) bond motifs is 3. The van der Waals surface area contributed by atoms with Gasteiger partial charge in [0, 0.05) is 11.9 Å². The van der Waals surface area contributed by atoms with Crippen LogP contribution in [-0.2, 0) is 4.74 Å². The van der Waals surface area contributed by atoms with Crippen molar-refractivity contribution in [2.75, 3.05) is 18.0 Å². The number of aromatic nitrogens is 2. The first kappa shape index (κ1) is 16.2. The molecule has 0 spiro atoms. The molecule has 0 N–H and O–H groups in total. The van der Waals surface area contributed by atoms with Gasteiger partial charge in [-0.2, -0.15) is 0 Å². The zero-order valence-corrected chi connectivity index (χ0v) is 14.8. The number of anilines is 1. The van der Waals surface area contributed by atoms with Crippen LogP contribution in [0.2, 0.25) is 0 Å². The van der Waals surface area contributed by atoms with Gasteiger partial charge in [-0.15, -0.1) is 0 Å². The molecule has 27 heavy (non-hydrogen) atoms. The Hall–Kier alpha value is -2.99. The van der Waals surface area contributed by atoms with Crippen molar-refractivity contribution < 1.29 is 13.5 Å². The molecular weight excluding hydrogens is 345 g/mol. The van der Waals surface area contributed by atoms with Crippen LogP contribution in [0.15, 0.2) is 59.3 Å². The van der Waals surface area contributed by atoms with Crippen LogP contribution in [-0.4, -0.2) is 29.2 Å². The number of morpholine rings is 1. The second-order valence-electron chi connectivity index (χ2n) is 6.87. The maximum absolute atomic E-state index is 13.3. The van der Waals surface area contributed by atoms with Gasteiger partial charge in [0.15, 0.2) is 11.4 Å². The van der Waals surface area contributed by atoms with Crippen LogP contribution in [0.3, 0.4) is 0 Å². The average molecular weight is 363 g/mol. The van der Waals surface area contributed by atoms with E-state index >= 15 is 0 Å². The lowest BCUT2D eigenvalue weighted by molar-refractivity contribution is -0.0175. The summed E-state index contributed by atoms with van der Waals surface area (Å²) in [6.45, 7) is 3.33. The SMILES string of the molecule is CC1CN(c2ncnc3c2oc2ccccc23)CC(c2ccc(F)cc2)O1. The van der Waals surface area contributed by atoms with Crippen LogP contribution in [0.5, 0.6) is 0 Å². The van der Waals surface area contributed by atoms with E-state index in [0.717, 1.165) is 27.9 Å². The second-order valence-corrected chi connectivity index (χ2v) is 6.87. The third-order valence-corrected chi connectivity index (χ3v) is 4.94. The number of halogens is 1. The lowest BCUT2D eigenvalue weighted by Crippen LogP contribution is -2.43. The molecule has 6 heteroatoms. The fourth-order valence-corrected chi connectivity index (χ4v) is 3.72. The molecular formula is C21H18FN3O2. The third-order valence-electron chi connectivity index (χ3n) is 4.94. The summed E-state index contributed by atoms with van der Waals surface area (Å²) in [5.41, 5.74) is 3.24. The van der Waals surface area contributed by atoms with Crippen LogP contribution < -0.4 is 4.90 Å². The average Bonchev–Trinajstić information content (AvgIpc) is 3.07. The summed E-state index contributed by atoms with van der Waals surface area (Å²) in [5, 5.41) is 0.979. The van der Waals surface area contributed by atoms with Crippen LogP contribution in [0.25, 0.3) is 22.1 Å². The minimum atomic E-state index is -0.251. The highest BCUT2D eigenvalue weighted by Gasteiger charge is 2.29. The molecule has 4 aromatic rings. The maximum Gasteiger partial charge on any atom is 0.196 e.